The van der Waals surface area contributed by atoms with Gasteiger partial charge in [0.2, 0.25) is 0 Å². The van der Waals surface area contributed by atoms with Gasteiger partial charge >= 0.3 is 19.8 Å². The van der Waals surface area contributed by atoms with Crippen LogP contribution in [0.5, 0.6) is 0 Å². The van der Waals surface area contributed by atoms with E-state index in [0.29, 0.717) is 23.9 Å². The fraction of sp³-hybridized carbons (Fsp3) is 0.887. The normalized spacial score (nSPS) is 13.3. The second kappa shape index (κ2) is 62.8. The van der Waals surface area contributed by atoms with Crippen molar-refractivity contribution in [3.05, 3.63) is 36.5 Å². The van der Waals surface area contributed by atoms with E-state index >= 15 is 0 Å². The van der Waals surface area contributed by atoms with Crippen LogP contribution in [0.25, 0.3) is 0 Å². The Hall–Kier alpha value is -1.77. The number of hydrogen-bond donors (Lipinski definition) is 1. The maximum atomic E-state index is 12.9. The number of hydrogen-bond acceptors (Lipinski definition) is 7. The predicted molar refractivity (Wildman–Crippen MR) is 349 cm³/mol. The molecule has 9 nitrogen and oxygen atoms in total. The highest BCUT2D eigenvalue weighted by Gasteiger charge is 2.27. The number of nitrogens with zero attached hydrogens (tertiary/aromatic N) is 1. The Balaban J connectivity index is 3.94. The van der Waals surface area contributed by atoms with Crippen molar-refractivity contribution < 1.29 is 42.1 Å². The van der Waals surface area contributed by atoms with Crippen molar-refractivity contribution in [1.29, 1.82) is 0 Å². The molecular weight excluding hydrogens is 1030 g/mol. The van der Waals surface area contributed by atoms with Crippen LogP contribution in [0, 0.1) is 0 Å². The molecule has 0 spiro atoms. The average Bonchev–Trinajstić information content (AvgIpc) is 3.43. The third kappa shape index (κ3) is 67.2. The second-order valence-corrected chi connectivity index (χ2v) is 26.7. The van der Waals surface area contributed by atoms with E-state index in [-0.39, 0.29) is 25.6 Å². The lowest BCUT2D eigenvalue weighted by molar-refractivity contribution is -0.870. The highest BCUT2D eigenvalue weighted by Crippen LogP contribution is 2.43. The molecule has 10 heteroatoms. The van der Waals surface area contributed by atoms with E-state index in [4.69, 9.17) is 18.5 Å². The molecule has 81 heavy (non-hydrogen) atoms. The third-order valence-corrected chi connectivity index (χ3v) is 16.9. The summed E-state index contributed by atoms with van der Waals surface area (Å²) in [6, 6.07) is 0. The molecule has 0 amide bonds. The summed E-state index contributed by atoms with van der Waals surface area (Å²) in [6.07, 6.45) is 79.7. The maximum Gasteiger partial charge on any atom is 0.472 e. The number of phosphoric ester groups is 1. The fourth-order valence-electron chi connectivity index (χ4n) is 10.5. The Morgan fingerprint density at radius 3 is 0.988 bits per heavy atom. The van der Waals surface area contributed by atoms with Gasteiger partial charge in [-0.3, -0.25) is 18.6 Å². The van der Waals surface area contributed by atoms with Crippen LogP contribution in [-0.4, -0.2) is 74.9 Å². The Bertz CT molecular complexity index is 1460. The molecule has 0 aromatic rings. The minimum Gasteiger partial charge on any atom is -0.462 e. The van der Waals surface area contributed by atoms with Gasteiger partial charge in [-0.1, -0.05) is 326 Å². The smallest absolute Gasteiger partial charge is 0.462 e. The van der Waals surface area contributed by atoms with Crippen molar-refractivity contribution in [3.8, 4) is 0 Å². The number of esters is 2. The predicted octanol–water partition coefficient (Wildman–Crippen LogP) is 22.7. The molecule has 478 valence electrons. The van der Waals surface area contributed by atoms with Crippen LogP contribution in [0.3, 0.4) is 0 Å². The molecule has 0 aliphatic heterocycles. The van der Waals surface area contributed by atoms with Gasteiger partial charge in [-0.15, -0.1) is 0 Å². The highest BCUT2D eigenvalue weighted by atomic mass is 31.2. The first kappa shape index (κ1) is 79.2. The number of carbonyl (C=O) groups excluding carboxylic acids is 2. The van der Waals surface area contributed by atoms with E-state index in [1.54, 1.807) is 0 Å². The molecule has 0 bridgehead atoms. The van der Waals surface area contributed by atoms with Crippen LogP contribution in [0.1, 0.15) is 354 Å². The van der Waals surface area contributed by atoms with Gasteiger partial charge in [0, 0.05) is 12.8 Å². The topological polar surface area (TPSA) is 108 Å². The number of unbranched alkanes of at least 4 members (excludes halogenated alkanes) is 46. The van der Waals surface area contributed by atoms with Crippen LogP contribution >= 0.6 is 7.82 Å². The van der Waals surface area contributed by atoms with Crippen molar-refractivity contribution in [1.82, 2.24) is 0 Å². The first-order chi connectivity index (χ1) is 39.5. The van der Waals surface area contributed by atoms with Crippen molar-refractivity contribution in [2.24, 2.45) is 0 Å². The number of phosphoric acid groups is 1. The van der Waals surface area contributed by atoms with Crippen LogP contribution in [0.15, 0.2) is 36.5 Å². The Labute approximate surface area is 503 Å². The molecule has 1 N–H and O–H groups in total. The number of likely N-dealkylation sites (N-methyl/N-ethyl adjacent to an activating group) is 1. The zero-order valence-electron chi connectivity index (χ0n) is 54.5. The number of carbonyl (C=O) groups is 2. The number of rotatable bonds is 66. The minimum absolute atomic E-state index is 0.0354. The lowest BCUT2D eigenvalue weighted by Crippen LogP contribution is -2.37. The molecule has 0 heterocycles. The summed E-state index contributed by atoms with van der Waals surface area (Å²) in [7, 11) is 1.50. The molecule has 0 saturated heterocycles. The van der Waals surface area contributed by atoms with Crippen LogP contribution in [-0.2, 0) is 32.7 Å². The molecule has 0 fully saturated rings. The summed E-state index contributed by atoms with van der Waals surface area (Å²) in [6.45, 7) is 4.49. The zero-order valence-corrected chi connectivity index (χ0v) is 55.4. The largest absolute Gasteiger partial charge is 0.472 e. The number of quaternary nitrogens is 1. The van der Waals surface area contributed by atoms with Gasteiger partial charge in [-0.25, -0.2) is 4.57 Å². The lowest BCUT2D eigenvalue weighted by atomic mass is 10.0. The maximum absolute atomic E-state index is 12.9. The fourth-order valence-corrected chi connectivity index (χ4v) is 11.2. The van der Waals surface area contributed by atoms with E-state index in [1.165, 1.54) is 276 Å². The summed E-state index contributed by atoms with van der Waals surface area (Å²) in [4.78, 5) is 35.8. The Kier molecular flexibility index (Phi) is 61.4. The Morgan fingerprint density at radius 2 is 0.667 bits per heavy atom. The Morgan fingerprint density at radius 1 is 0.383 bits per heavy atom. The van der Waals surface area contributed by atoms with E-state index < -0.39 is 26.5 Å². The summed E-state index contributed by atoms with van der Waals surface area (Å²) in [5.74, 6) is -0.774. The van der Waals surface area contributed by atoms with Crippen molar-refractivity contribution >= 4 is 19.8 Å². The van der Waals surface area contributed by atoms with Crippen LogP contribution in [0.4, 0.5) is 0 Å². The van der Waals surface area contributed by atoms with E-state index in [1.807, 2.05) is 21.1 Å². The van der Waals surface area contributed by atoms with Gasteiger partial charge in [0.1, 0.15) is 19.8 Å². The summed E-state index contributed by atoms with van der Waals surface area (Å²) in [5.41, 5.74) is 0. The first-order valence-corrected chi connectivity index (χ1v) is 36.7. The van der Waals surface area contributed by atoms with Crippen molar-refractivity contribution in [2.45, 2.75) is 360 Å². The molecule has 0 aliphatic carbocycles. The van der Waals surface area contributed by atoms with Gasteiger partial charge in [-0.05, 0) is 51.4 Å². The van der Waals surface area contributed by atoms with Gasteiger partial charge in [-0.2, -0.15) is 0 Å². The van der Waals surface area contributed by atoms with Gasteiger partial charge in [0.25, 0.3) is 0 Å². The summed E-state index contributed by atoms with van der Waals surface area (Å²) in [5, 5.41) is 0. The summed E-state index contributed by atoms with van der Waals surface area (Å²) >= 11 is 0. The van der Waals surface area contributed by atoms with E-state index in [2.05, 4.69) is 50.3 Å². The molecular formula is C71H137NO8P+. The average molecular weight is 1160 g/mol. The van der Waals surface area contributed by atoms with E-state index in [9.17, 15) is 19.0 Å². The third-order valence-electron chi connectivity index (χ3n) is 15.9. The molecule has 0 aromatic heterocycles. The zero-order chi connectivity index (χ0) is 59.1. The standard InChI is InChI=1S/C71H136NO8P/c1-6-8-10-12-14-16-18-20-22-24-26-28-29-30-31-32-33-34-35-36-37-38-39-40-41-42-43-44-46-48-50-52-54-56-58-60-62-64-71(74)80-69(68-79-81(75,76)78-66-65-72(3,4)5)67-77-70(73)63-61-59-57-55-53-51-49-47-45-27-25-23-21-19-17-15-13-11-9-7-2/h18,20,24,26,29-30,69H,6-17,19,21-23,25,27-28,31-68H2,1-5H3/p+1/b20-18-,26-24-,30-29-. The molecule has 2 atom stereocenters. The van der Waals surface area contributed by atoms with Gasteiger partial charge in [0.05, 0.1) is 27.7 Å². The van der Waals surface area contributed by atoms with Crippen molar-refractivity contribution in [3.63, 3.8) is 0 Å². The van der Waals surface area contributed by atoms with Crippen LogP contribution in [0.2, 0.25) is 0 Å². The first-order valence-electron chi connectivity index (χ1n) is 35.2. The molecule has 0 saturated carbocycles. The van der Waals surface area contributed by atoms with Crippen LogP contribution < -0.4 is 0 Å². The van der Waals surface area contributed by atoms with E-state index in [0.717, 1.165) is 44.9 Å². The molecule has 0 radical (unpaired) electrons. The number of ether oxygens (including phenoxy) is 2. The number of allylic oxidation sites excluding steroid dienone is 6. The molecule has 0 rings (SSSR count). The molecule has 0 aromatic carbocycles. The molecule has 0 aliphatic rings. The lowest BCUT2D eigenvalue weighted by Gasteiger charge is -2.24. The SMILES string of the molecule is CCCCCCC/C=C\C/C=C\C/C=C\CCCCCCCCCCCCCCCCCCCCCCCCC(=O)OC(COC(=O)CCCCCCCCCCCCCCCCCCCCCC)COP(=O)(O)OCC[N+](C)(C)C. The summed E-state index contributed by atoms with van der Waals surface area (Å²) < 4.78 is 34.7. The van der Waals surface area contributed by atoms with Crippen molar-refractivity contribution in [2.75, 3.05) is 47.5 Å². The second-order valence-electron chi connectivity index (χ2n) is 25.3. The monoisotopic (exact) mass is 1160 g/mol. The van der Waals surface area contributed by atoms with Gasteiger partial charge in [0.15, 0.2) is 6.10 Å². The minimum atomic E-state index is -4.39. The van der Waals surface area contributed by atoms with Gasteiger partial charge < -0.3 is 18.9 Å². The highest BCUT2D eigenvalue weighted by molar-refractivity contribution is 7.47. The quantitative estimate of drug-likeness (QED) is 0.0211. The molecule has 2 unspecified atom stereocenters.